The largest absolute Gasteiger partial charge is 0.355 e. The van der Waals surface area contributed by atoms with E-state index in [4.69, 9.17) is 0 Å². The highest BCUT2D eigenvalue weighted by Crippen LogP contribution is 2.40. The third kappa shape index (κ3) is 4.30. The lowest BCUT2D eigenvalue weighted by Gasteiger charge is -2.19. The van der Waals surface area contributed by atoms with Crippen LogP contribution in [0, 0.1) is 17.7 Å². The number of amides is 1. The molecule has 0 heterocycles. The summed E-state index contributed by atoms with van der Waals surface area (Å²) in [5.74, 6) is 0.539. The first-order chi connectivity index (χ1) is 9.58. The van der Waals surface area contributed by atoms with E-state index in [1.54, 1.807) is 0 Å². The highest BCUT2D eigenvalue weighted by molar-refractivity contribution is 5.77. The Labute approximate surface area is 120 Å². The van der Waals surface area contributed by atoms with Crippen LogP contribution in [-0.4, -0.2) is 19.0 Å². The van der Waals surface area contributed by atoms with Gasteiger partial charge in [0.05, 0.1) is 0 Å². The van der Waals surface area contributed by atoms with Gasteiger partial charge in [-0.1, -0.05) is 26.0 Å². The maximum Gasteiger partial charge on any atom is 0.222 e. The molecule has 0 spiro atoms. The van der Waals surface area contributed by atoms with Crippen molar-refractivity contribution in [3.63, 3.8) is 0 Å². The highest BCUT2D eigenvalue weighted by Gasteiger charge is 2.31. The van der Waals surface area contributed by atoms with E-state index in [-0.39, 0.29) is 23.7 Å². The van der Waals surface area contributed by atoms with E-state index in [9.17, 15) is 9.18 Å². The van der Waals surface area contributed by atoms with Crippen molar-refractivity contribution in [2.75, 3.05) is 13.1 Å². The van der Waals surface area contributed by atoms with Crippen LogP contribution >= 0.6 is 0 Å². The van der Waals surface area contributed by atoms with Crippen molar-refractivity contribution in [3.05, 3.63) is 35.6 Å². The number of carbonyl (C=O) groups excluding carboxylic acids is 1. The average molecular weight is 278 g/mol. The molecule has 1 aliphatic carbocycles. The summed E-state index contributed by atoms with van der Waals surface area (Å²) in [6, 6.07) is 6.97. The normalized spacial score (nSPS) is 16.2. The maximum atomic E-state index is 13.0. The van der Waals surface area contributed by atoms with E-state index >= 15 is 0 Å². The molecule has 0 bridgehead atoms. The average Bonchev–Trinajstić information content (AvgIpc) is 3.24. The Bertz CT molecular complexity index is 440. The summed E-state index contributed by atoms with van der Waals surface area (Å²) >= 11 is 0. The van der Waals surface area contributed by atoms with E-state index in [2.05, 4.69) is 10.6 Å². The van der Waals surface area contributed by atoms with Gasteiger partial charge in [0.15, 0.2) is 0 Å². The SMILES string of the molecule is CC(C)C(=O)NCCNC(c1ccc(F)cc1)C1CC1. The molecular formula is C16H23FN2O. The Morgan fingerprint density at radius 3 is 2.45 bits per heavy atom. The molecule has 1 saturated carbocycles. The van der Waals surface area contributed by atoms with Crippen LogP contribution in [0.2, 0.25) is 0 Å². The number of rotatable bonds is 7. The summed E-state index contributed by atoms with van der Waals surface area (Å²) in [6.07, 6.45) is 2.43. The van der Waals surface area contributed by atoms with Gasteiger partial charge in [0.25, 0.3) is 0 Å². The Morgan fingerprint density at radius 1 is 1.25 bits per heavy atom. The van der Waals surface area contributed by atoms with Crippen molar-refractivity contribution < 1.29 is 9.18 Å². The van der Waals surface area contributed by atoms with Gasteiger partial charge in [-0.2, -0.15) is 0 Å². The lowest BCUT2D eigenvalue weighted by molar-refractivity contribution is -0.123. The van der Waals surface area contributed by atoms with E-state index < -0.39 is 0 Å². The maximum absolute atomic E-state index is 13.0. The van der Waals surface area contributed by atoms with Crippen LogP contribution in [0.1, 0.15) is 38.3 Å². The minimum absolute atomic E-state index is 0.0197. The second-order valence-corrected chi connectivity index (χ2v) is 5.77. The molecule has 1 atom stereocenters. The van der Waals surface area contributed by atoms with Gasteiger partial charge in [0.1, 0.15) is 5.82 Å². The minimum atomic E-state index is -0.201. The predicted molar refractivity (Wildman–Crippen MR) is 77.7 cm³/mol. The Morgan fingerprint density at radius 2 is 1.90 bits per heavy atom. The molecule has 4 heteroatoms. The Hall–Kier alpha value is -1.42. The van der Waals surface area contributed by atoms with Crippen LogP contribution in [0.4, 0.5) is 4.39 Å². The first-order valence-electron chi connectivity index (χ1n) is 7.34. The number of hydrogen-bond donors (Lipinski definition) is 2. The number of hydrogen-bond acceptors (Lipinski definition) is 2. The molecule has 0 aromatic heterocycles. The van der Waals surface area contributed by atoms with Crippen LogP contribution in [0.5, 0.6) is 0 Å². The summed E-state index contributed by atoms with van der Waals surface area (Å²) in [7, 11) is 0. The topological polar surface area (TPSA) is 41.1 Å². The molecule has 1 aromatic rings. The first kappa shape index (κ1) is 15.0. The number of benzene rings is 1. The Balaban J connectivity index is 1.81. The van der Waals surface area contributed by atoms with Gasteiger partial charge < -0.3 is 10.6 Å². The molecular weight excluding hydrogens is 255 g/mol. The molecule has 1 amide bonds. The zero-order valence-corrected chi connectivity index (χ0v) is 12.2. The van der Waals surface area contributed by atoms with Crippen LogP contribution in [0.25, 0.3) is 0 Å². The van der Waals surface area contributed by atoms with Crippen molar-refractivity contribution in [1.82, 2.24) is 10.6 Å². The van der Waals surface area contributed by atoms with Crippen molar-refractivity contribution in [3.8, 4) is 0 Å². The molecule has 1 aromatic carbocycles. The van der Waals surface area contributed by atoms with Gasteiger partial charge in [-0.15, -0.1) is 0 Å². The fourth-order valence-corrected chi connectivity index (χ4v) is 2.27. The molecule has 20 heavy (non-hydrogen) atoms. The second-order valence-electron chi connectivity index (χ2n) is 5.77. The highest BCUT2D eigenvalue weighted by atomic mass is 19.1. The van der Waals surface area contributed by atoms with Crippen LogP contribution in [-0.2, 0) is 4.79 Å². The molecule has 1 aliphatic rings. The fourth-order valence-electron chi connectivity index (χ4n) is 2.27. The van der Waals surface area contributed by atoms with E-state index in [1.165, 1.54) is 25.0 Å². The molecule has 2 rings (SSSR count). The zero-order chi connectivity index (χ0) is 14.5. The summed E-state index contributed by atoms with van der Waals surface area (Å²) in [5, 5.41) is 6.37. The number of nitrogens with one attached hydrogen (secondary N) is 2. The van der Waals surface area contributed by atoms with Crippen molar-refractivity contribution in [1.29, 1.82) is 0 Å². The molecule has 0 radical (unpaired) electrons. The second kappa shape index (κ2) is 6.84. The zero-order valence-electron chi connectivity index (χ0n) is 12.2. The van der Waals surface area contributed by atoms with Crippen molar-refractivity contribution in [2.45, 2.75) is 32.7 Å². The summed E-state index contributed by atoms with van der Waals surface area (Å²) < 4.78 is 13.0. The van der Waals surface area contributed by atoms with Gasteiger partial charge in [-0.3, -0.25) is 4.79 Å². The van der Waals surface area contributed by atoms with E-state index in [0.29, 0.717) is 12.5 Å². The molecule has 110 valence electrons. The monoisotopic (exact) mass is 278 g/mol. The molecule has 0 saturated heterocycles. The lowest BCUT2D eigenvalue weighted by atomic mass is 10.0. The molecule has 3 nitrogen and oxygen atoms in total. The van der Waals surface area contributed by atoms with Crippen LogP contribution < -0.4 is 10.6 Å². The fraction of sp³-hybridized carbons (Fsp3) is 0.562. The number of carbonyl (C=O) groups is 1. The number of halogens is 1. The molecule has 0 aliphatic heterocycles. The van der Waals surface area contributed by atoms with Crippen molar-refractivity contribution >= 4 is 5.91 Å². The first-order valence-corrected chi connectivity index (χ1v) is 7.34. The summed E-state index contributed by atoms with van der Waals surface area (Å²) in [4.78, 5) is 11.5. The summed E-state index contributed by atoms with van der Waals surface area (Å²) in [5.41, 5.74) is 1.13. The van der Waals surface area contributed by atoms with Gasteiger partial charge >= 0.3 is 0 Å². The minimum Gasteiger partial charge on any atom is -0.355 e. The smallest absolute Gasteiger partial charge is 0.222 e. The van der Waals surface area contributed by atoms with Gasteiger partial charge in [-0.25, -0.2) is 4.39 Å². The van der Waals surface area contributed by atoms with Gasteiger partial charge in [0, 0.05) is 25.0 Å². The van der Waals surface area contributed by atoms with Crippen molar-refractivity contribution in [2.24, 2.45) is 11.8 Å². The predicted octanol–water partition coefficient (Wildman–Crippen LogP) is 2.64. The Kier molecular flexibility index (Phi) is 5.12. The van der Waals surface area contributed by atoms with E-state index in [1.807, 2.05) is 26.0 Å². The lowest BCUT2D eigenvalue weighted by Crippen LogP contribution is -2.36. The van der Waals surface area contributed by atoms with Gasteiger partial charge in [-0.05, 0) is 36.5 Å². The third-order valence-corrected chi connectivity index (χ3v) is 3.64. The van der Waals surface area contributed by atoms with Crippen LogP contribution in [0.15, 0.2) is 24.3 Å². The quantitative estimate of drug-likeness (QED) is 0.753. The molecule has 2 N–H and O–H groups in total. The van der Waals surface area contributed by atoms with Gasteiger partial charge in [0.2, 0.25) is 5.91 Å². The molecule has 1 unspecified atom stereocenters. The standard InChI is InChI=1S/C16H23FN2O/c1-11(2)16(20)19-10-9-18-15(12-3-4-12)13-5-7-14(17)8-6-13/h5-8,11-12,15,18H,3-4,9-10H2,1-2H3,(H,19,20). The third-order valence-electron chi connectivity index (χ3n) is 3.64. The van der Waals surface area contributed by atoms with E-state index in [0.717, 1.165) is 12.1 Å². The summed E-state index contributed by atoms with van der Waals surface area (Å²) in [6.45, 7) is 5.13. The van der Waals surface area contributed by atoms with Crippen LogP contribution in [0.3, 0.4) is 0 Å². The molecule has 1 fully saturated rings.